The van der Waals surface area contributed by atoms with E-state index < -0.39 is 53.8 Å². The maximum atomic E-state index is 12.6. The average molecular weight is 361 g/mol. The summed E-state index contributed by atoms with van der Waals surface area (Å²) in [6.45, 7) is 0. The van der Waals surface area contributed by atoms with Crippen LogP contribution in [0.15, 0.2) is 79.3 Å². The predicted molar refractivity (Wildman–Crippen MR) is 108 cm³/mol. The van der Waals surface area contributed by atoms with Gasteiger partial charge in [0.25, 0.3) is 0 Å². The summed E-state index contributed by atoms with van der Waals surface area (Å²) < 4.78 is 57.1. The normalized spacial score (nSPS) is 15.5. The van der Waals surface area contributed by atoms with Crippen molar-refractivity contribution in [2.45, 2.75) is 0 Å². The smallest absolute Gasteiger partial charge is 0.249 e. The molecule has 2 aromatic heterocycles. The summed E-state index contributed by atoms with van der Waals surface area (Å²) >= 11 is 0. The van der Waals surface area contributed by atoms with Crippen molar-refractivity contribution < 1.29 is 14.4 Å². The Hall–Kier alpha value is -3.73. The van der Waals surface area contributed by atoms with Crippen molar-refractivity contribution in [1.29, 1.82) is 0 Å². The first-order chi connectivity index (χ1) is 16.1. The number of hydrogen-bond acceptors (Lipinski definition) is 3. The van der Waals surface area contributed by atoms with E-state index in [1.165, 1.54) is 0 Å². The molecule has 2 aromatic carbocycles. The molecule has 0 unspecified atom stereocenters. The highest BCUT2D eigenvalue weighted by atomic mass is 16.1. The van der Waals surface area contributed by atoms with Crippen molar-refractivity contribution in [2.24, 2.45) is 7.05 Å². The molecular weight excluding hydrogens is 336 g/mol. The first-order valence-electron chi connectivity index (χ1n) is 11.5. The number of benzene rings is 2. The second-order valence-electron chi connectivity index (χ2n) is 5.73. The molecule has 0 spiro atoms. The molecule has 0 saturated heterocycles. The lowest BCUT2D eigenvalue weighted by Gasteiger charge is -2.07. The lowest BCUT2D eigenvalue weighted by atomic mass is 10.1. The van der Waals surface area contributed by atoms with Gasteiger partial charge in [-0.3, -0.25) is 4.79 Å². The molecular formula is C22H18N4O. The molecule has 0 atom stereocenters. The third-order valence-corrected chi connectivity index (χ3v) is 3.88. The molecule has 0 aliphatic rings. The standard InChI is InChI=1S/C22H18N4O/c1-26-15-23-14-20(26)17-8-9-18-13-24-21(12-19(18)11-17)25-22(27)10-7-16-5-3-2-4-6-16/h2-15H,1H3,(H,24,25,27)/b10-7+/i2D,3D,4D,5D,6D,7D,10D. The van der Waals surface area contributed by atoms with Gasteiger partial charge in [-0.1, -0.05) is 42.3 Å². The monoisotopic (exact) mass is 361 g/mol. The molecule has 4 aromatic rings. The number of rotatable bonds is 4. The summed E-state index contributed by atoms with van der Waals surface area (Å²) in [5.41, 5.74) is 1.29. The molecule has 0 bridgehead atoms. The number of fused-ring (bicyclic) bond motifs is 1. The fraction of sp³-hybridized carbons (Fsp3) is 0.0455. The predicted octanol–water partition coefficient (Wildman–Crippen LogP) is 4.29. The van der Waals surface area contributed by atoms with Crippen LogP contribution in [0.2, 0.25) is 0 Å². The van der Waals surface area contributed by atoms with Gasteiger partial charge in [-0.25, -0.2) is 9.97 Å². The van der Waals surface area contributed by atoms with Crippen molar-refractivity contribution in [3.63, 3.8) is 0 Å². The summed E-state index contributed by atoms with van der Waals surface area (Å²) in [5.74, 6) is -0.857. The molecule has 0 aliphatic carbocycles. The van der Waals surface area contributed by atoms with Gasteiger partial charge in [0.1, 0.15) is 5.82 Å². The summed E-state index contributed by atoms with van der Waals surface area (Å²) in [6, 6.07) is 2.48. The molecule has 2 heterocycles. The summed E-state index contributed by atoms with van der Waals surface area (Å²) in [5, 5.41) is 4.04. The molecule has 132 valence electrons. The Balaban J connectivity index is 1.68. The molecule has 0 saturated carbocycles. The Morgan fingerprint density at radius 1 is 1.19 bits per heavy atom. The lowest BCUT2D eigenvalue weighted by Crippen LogP contribution is -2.08. The van der Waals surface area contributed by atoms with Crippen LogP contribution < -0.4 is 5.32 Å². The third-order valence-electron chi connectivity index (χ3n) is 3.88. The number of aryl methyl sites for hydroxylation is 1. The summed E-state index contributed by atoms with van der Waals surface area (Å²) in [6.07, 6.45) is 4.98. The fourth-order valence-electron chi connectivity index (χ4n) is 2.58. The van der Waals surface area contributed by atoms with Crippen LogP contribution in [0.1, 0.15) is 15.2 Å². The number of nitrogens with one attached hydrogen (secondary N) is 1. The minimum atomic E-state index is -0.994. The Kier molecular flexibility index (Phi) is 2.80. The lowest BCUT2D eigenvalue weighted by molar-refractivity contribution is -0.111. The van der Waals surface area contributed by atoms with Crippen LogP contribution in [0.3, 0.4) is 0 Å². The van der Waals surface area contributed by atoms with Crippen LogP contribution in [-0.2, 0) is 11.8 Å². The Bertz CT molecular complexity index is 1470. The Labute approximate surface area is 166 Å². The number of nitrogens with zero attached hydrogens (tertiary/aromatic N) is 3. The molecule has 27 heavy (non-hydrogen) atoms. The van der Waals surface area contributed by atoms with Gasteiger partial charge in [0.2, 0.25) is 5.91 Å². The molecule has 1 amide bonds. The first kappa shape index (κ1) is 10.4. The maximum Gasteiger partial charge on any atom is 0.249 e. The number of pyridine rings is 1. The van der Waals surface area contributed by atoms with Crippen molar-refractivity contribution in [1.82, 2.24) is 14.5 Å². The van der Waals surface area contributed by atoms with Crippen LogP contribution in [0, 0.1) is 0 Å². The van der Waals surface area contributed by atoms with E-state index in [2.05, 4.69) is 15.3 Å². The van der Waals surface area contributed by atoms with Gasteiger partial charge in [-0.05, 0) is 29.1 Å². The van der Waals surface area contributed by atoms with Crippen molar-refractivity contribution >= 4 is 28.5 Å². The van der Waals surface area contributed by atoms with Crippen LogP contribution in [0.25, 0.3) is 28.1 Å². The van der Waals surface area contributed by atoms with Gasteiger partial charge in [-0.2, -0.15) is 0 Å². The average Bonchev–Trinajstić information content (AvgIpc) is 3.26. The first-order valence-corrected chi connectivity index (χ1v) is 8.02. The quantitative estimate of drug-likeness (QED) is 0.552. The van der Waals surface area contributed by atoms with Crippen LogP contribution in [0.4, 0.5) is 5.82 Å². The van der Waals surface area contributed by atoms with Gasteiger partial charge in [0, 0.05) is 30.2 Å². The largest absolute Gasteiger partial charge is 0.334 e. The van der Waals surface area contributed by atoms with Gasteiger partial charge in [0.05, 0.1) is 27.8 Å². The maximum absolute atomic E-state index is 12.6. The number of anilines is 1. The molecule has 0 fully saturated rings. The van der Waals surface area contributed by atoms with E-state index in [4.69, 9.17) is 9.60 Å². The number of carbonyl (C=O) groups is 1. The zero-order valence-corrected chi connectivity index (χ0v) is 14.3. The number of imidazole rings is 1. The second-order valence-corrected chi connectivity index (χ2v) is 5.73. The van der Waals surface area contributed by atoms with E-state index in [1.54, 1.807) is 24.8 Å². The minimum Gasteiger partial charge on any atom is -0.334 e. The summed E-state index contributed by atoms with van der Waals surface area (Å²) in [7, 11) is 1.88. The van der Waals surface area contributed by atoms with E-state index in [9.17, 15) is 4.79 Å². The van der Waals surface area contributed by atoms with E-state index >= 15 is 0 Å². The zero-order chi connectivity index (χ0) is 24.7. The van der Waals surface area contributed by atoms with Crippen LogP contribution >= 0.6 is 0 Å². The van der Waals surface area contributed by atoms with E-state index in [0.29, 0.717) is 0 Å². The number of aromatic nitrogens is 3. The Morgan fingerprint density at radius 2 is 2.04 bits per heavy atom. The number of amides is 1. The molecule has 0 radical (unpaired) electrons. The highest BCUT2D eigenvalue weighted by Crippen LogP contribution is 2.25. The van der Waals surface area contributed by atoms with Crippen LogP contribution in [-0.4, -0.2) is 20.4 Å². The molecule has 5 nitrogen and oxygen atoms in total. The SMILES string of the molecule is [2H]/C(C(=O)Nc1cc2cc(-c3cncn3C)ccc2cn1)=C(/[2H])c1c([2H])c([2H])c([2H])c([2H])c1[2H]. The second kappa shape index (κ2) is 7.25. The Morgan fingerprint density at radius 3 is 2.81 bits per heavy atom. The van der Waals surface area contributed by atoms with Crippen molar-refractivity contribution in [2.75, 3.05) is 5.32 Å². The molecule has 5 heteroatoms. The molecule has 4 rings (SSSR count). The minimum absolute atomic E-state index is 0.137. The van der Waals surface area contributed by atoms with Crippen molar-refractivity contribution in [3.8, 4) is 11.3 Å². The number of hydrogen-bond donors (Lipinski definition) is 1. The van der Waals surface area contributed by atoms with E-state index in [-0.39, 0.29) is 5.82 Å². The highest BCUT2D eigenvalue weighted by Gasteiger charge is 2.06. The van der Waals surface area contributed by atoms with Gasteiger partial charge in [-0.15, -0.1) is 0 Å². The fourth-order valence-corrected chi connectivity index (χ4v) is 2.58. The van der Waals surface area contributed by atoms with Gasteiger partial charge in [0.15, 0.2) is 0 Å². The molecule has 0 aliphatic heterocycles. The van der Waals surface area contributed by atoms with Gasteiger partial charge < -0.3 is 9.88 Å². The van der Waals surface area contributed by atoms with E-state index in [1.807, 2.05) is 29.8 Å². The third kappa shape index (κ3) is 3.77. The molecule has 1 N–H and O–H groups in total. The zero-order valence-electron chi connectivity index (χ0n) is 21.3. The number of carbonyl (C=O) groups excluding carboxylic acids is 1. The summed E-state index contributed by atoms with van der Waals surface area (Å²) in [4.78, 5) is 20.9. The van der Waals surface area contributed by atoms with Crippen molar-refractivity contribution in [3.05, 3.63) is 84.8 Å². The van der Waals surface area contributed by atoms with E-state index in [0.717, 1.165) is 22.0 Å². The van der Waals surface area contributed by atoms with Crippen LogP contribution in [0.5, 0.6) is 0 Å². The highest BCUT2D eigenvalue weighted by molar-refractivity contribution is 6.02. The topological polar surface area (TPSA) is 59.8 Å². The van der Waals surface area contributed by atoms with Gasteiger partial charge >= 0.3 is 0 Å².